The Balaban J connectivity index is 1.58. The first-order valence-corrected chi connectivity index (χ1v) is 12.4. The topological polar surface area (TPSA) is 26.3 Å². The van der Waals surface area contributed by atoms with E-state index in [2.05, 4.69) is 101 Å². The predicted octanol–water partition coefficient (Wildman–Crippen LogP) is 10.2. The van der Waals surface area contributed by atoms with Gasteiger partial charge < -0.3 is 8.83 Å². The van der Waals surface area contributed by atoms with Crippen LogP contribution in [0.5, 0.6) is 0 Å². The maximum atomic E-state index is 6.40. The van der Waals surface area contributed by atoms with Gasteiger partial charge in [-0.1, -0.05) is 78.9 Å². The van der Waals surface area contributed by atoms with Crippen LogP contribution in [-0.4, -0.2) is 0 Å². The number of hydrogen-bond acceptors (Lipinski definition) is 2. The summed E-state index contributed by atoms with van der Waals surface area (Å²) >= 11 is 3.89. The number of benzene rings is 6. The molecule has 2 nitrogen and oxygen atoms in total. The number of furan rings is 2. The molecule has 0 aliphatic rings. The second-order valence-corrected chi connectivity index (χ2v) is 9.80. The van der Waals surface area contributed by atoms with Crippen molar-refractivity contribution in [3.8, 4) is 11.1 Å². The highest BCUT2D eigenvalue weighted by Gasteiger charge is 2.20. The molecule has 0 saturated carbocycles. The molecule has 2 heterocycles. The molecule has 8 aromatic rings. The fourth-order valence-corrected chi connectivity index (χ4v) is 6.31. The lowest BCUT2D eigenvalue weighted by atomic mass is 9.90. The van der Waals surface area contributed by atoms with Gasteiger partial charge in [0.15, 0.2) is 0 Å². The van der Waals surface area contributed by atoms with Gasteiger partial charge in [0.25, 0.3) is 0 Å². The van der Waals surface area contributed by atoms with Crippen molar-refractivity contribution in [1.29, 1.82) is 0 Å². The minimum atomic E-state index is 0.838. The van der Waals surface area contributed by atoms with Gasteiger partial charge in [0, 0.05) is 32.1 Å². The van der Waals surface area contributed by atoms with E-state index in [1.54, 1.807) is 0 Å². The molecule has 3 heteroatoms. The summed E-state index contributed by atoms with van der Waals surface area (Å²) in [6.07, 6.45) is 0. The van der Waals surface area contributed by atoms with Gasteiger partial charge in [0.1, 0.15) is 22.3 Å². The van der Waals surface area contributed by atoms with Crippen LogP contribution in [0.3, 0.4) is 0 Å². The first kappa shape index (κ1) is 19.2. The van der Waals surface area contributed by atoms with Gasteiger partial charge in [-0.15, -0.1) is 0 Å². The smallest absolute Gasteiger partial charge is 0.139 e. The maximum absolute atomic E-state index is 6.40. The predicted molar refractivity (Wildman–Crippen MR) is 149 cm³/mol. The number of hydrogen-bond donors (Lipinski definition) is 0. The monoisotopic (exact) mass is 512 g/mol. The van der Waals surface area contributed by atoms with Crippen LogP contribution in [-0.2, 0) is 0 Å². The number of fused-ring (bicyclic) bond motifs is 8. The standard InChI is InChI=1S/C32H17BrO2/c33-32-21-11-3-1-9-19(21)30(20-10-2-4-12-22(20)32)23-13-7-15-27-31(23)25-16-24-18-8-5-6-14-26(18)34-28(24)17-29(25)35-27/h1-17H. The van der Waals surface area contributed by atoms with Gasteiger partial charge in [-0.2, -0.15) is 0 Å². The Morgan fingerprint density at radius 2 is 1.00 bits per heavy atom. The molecule has 0 amide bonds. The van der Waals surface area contributed by atoms with Crippen molar-refractivity contribution >= 4 is 81.4 Å². The summed E-state index contributed by atoms with van der Waals surface area (Å²) in [5.74, 6) is 0. The number of para-hydroxylation sites is 1. The first-order valence-electron chi connectivity index (χ1n) is 11.6. The lowest BCUT2D eigenvalue weighted by molar-refractivity contribution is 0.656. The Morgan fingerprint density at radius 1 is 0.429 bits per heavy atom. The molecule has 0 fully saturated rings. The molecule has 0 unspecified atom stereocenters. The van der Waals surface area contributed by atoms with Crippen molar-refractivity contribution < 1.29 is 8.83 Å². The zero-order valence-electron chi connectivity index (χ0n) is 18.5. The molecule has 0 saturated heterocycles. The van der Waals surface area contributed by atoms with Crippen LogP contribution >= 0.6 is 15.9 Å². The fourth-order valence-electron chi connectivity index (χ4n) is 5.62. The lowest BCUT2D eigenvalue weighted by Crippen LogP contribution is -1.88. The average Bonchev–Trinajstić information content (AvgIpc) is 3.45. The Morgan fingerprint density at radius 3 is 1.74 bits per heavy atom. The molecule has 35 heavy (non-hydrogen) atoms. The molecule has 8 rings (SSSR count). The normalized spacial score (nSPS) is 12.1. The Labute approximate surface area is 208 Å². The van der Waals surface area contributed by atoms with Crippen LogP contribution in [0.4, 0.5) is 0 Å². The van der Waals surface area contributed by atoms with Crippen LogP contribution < -0.4 is 0 Å². The van der Waals surface area contributed by atoms with Crippen molar-refractivity contribution in [2.75, 3.05) is 0 Å². The number of rotatable bonds is 1. The summed E-state index contributed by atoms with van der Waals surface area (Å²) in [6.45, 7) is 0. The van der Waals surface area contributed by atoms with E-state index in [0.717, 1.165) is 48.3 Å². The molecule has 0 radical (unpaired) electrons. The third-order valence-corrected chi connectivity index (χ3v) is 7.98. The van der Waals surface area contributed by atoms with E-state index >= 15 is 0 Å². The molecule has 0 aliphatic heterocycles. The van der Waals surface area contributed by atoms with E-state index < -0.39 is 0 Å². The second-order valence-electron chi connectivity index (χ2n) is 9.00. The van der Waals surface area contributed by atoms with Gasteiger partial charge >= 0.3 is 0 Å². The fraction of sp³-hybridized carbons (Fsp3) is 0. The summed E-state index contributed by atoms with van der Waals surface area (Å²) in [5.41, 5.74) is 5.86. The van der Waals surface area contributed by atoms with E-state index in [1.807, 2.05) is 18.2 Å². The summed E-state index contributed by atoms with van der Waals surface area (Å²) in [7, 11) is 0. The third-order valence-electron chi connectivity index (χ3n) is 7.13. The van der Waals surface area contributed by atoms with E-state index in [9.17, 15) is 0 Å². The van der Waals surface area contributed by atoms with Crippen molar-refractivity contribution in [2.45, 2.75) is 0 Å². The lowest BCUT2D eigenvalue weighted by Gasteiger charge is -2.15. The summed E-state index contributed by atoms with van der Waals surface area (Å²) < 4.78 is 13.7. The molecular weight excluding hydrogens is 496 g/mol. The average molecular weight is 513 g/mol. The summed E-state index contributed by atoms with van der Waals surface area (Å²) in [4.78, 5) is 0. The van der Waals surface area contributed by atoms with Crippen molar-refractivity contribution in [2.24, 2.45) is 0 Å². The molecule has 0 atom stereocenters. The highest BCUT2D eigenvalue weighted by Crippen LogP contribution is 2.46. The first-order chi connectivity index (χ1) is 17.3. The van der Waals surface area contributed by atoms with Gasteiger partial charge in [-0.25, -0.2) is 0 Å². The van der Waals surface area contributed by atoms with E-state index in [1.165, 1.54) is 32.7 Å². The molecular formula is C32H17BrO2. The van der Waals surface area contributed by atoms with E-state index in [4.69, 9.17) is 8.83 Å². The second kappa shape index (κ2) is 6.97. The van der Waals surface area contributed by atoms with Crippen LogP contribution in [0, 0.1) is 0 Å². The van der Waals surface area contributed by atoms with Crippen LogP contribution in [0.25, 0.3) is 76.5 Å². The van der Waals surface area contributed by atoms with Gasteiger partial charge in [0.05, 0.1) is 0 Å². The van der Waals surface area contributed by atoms with Crippen molar-refractivity contribution in [3.63, 3.8) is 0 Å². The zero-order chi connectivity index (χ0) is 23.1. The largest absolute Gasteiger partial charge is 0.456 e. The quantitative estimate of drug-likeness (QED) is 0.204. The highest BCUT2D eigenvalue weighted by atomic mass is 79.9. The number of halogens is 1. The summed E-state index contributed by atoms with van der Waals surface area (Å²) in [5, 5.41) is 9.30. The molecule has 0 spiro atoms. The SMILES string of the molecule is Brc1c2ccccc2c(-c2cccc3oc4cc5oc6ccccc6c5cc4c23)c2ccccc12. The molecule has 0 bridgehead atoms. The Kier molecular flexibility index (Phi) is 3.83. The maximum Gasteiger partial charge on any atom is 0.139 e. The minimum Gasteiger partial charge on any atom is -0.456 e. The molecule has 2 aromatic heterocycles. The third kappa shape index (κ3) is 2.59. The Hall–Kier alpha value is -4.08. The van der Waals surface area contributed by atoms with Gasteiger partial charge in [-0.3, -0.25) is 0 Å². The highest BCUT2D eigenvalue weighted by molar-refractivity contribution is 9.10. The molecule has 0 aliphatic carbocycles. The van der Waals surface area contributed by atoms with E-state index in [-0.39, 0.29) is 0 Å². The van der Waals surface area contributed by atoms with Crippen molar-refractivity contribution in [3.05, 3.63) is 108 Å². The Bertz CT molecular complexity index is 2070. The molecule has 164 valence electrons. The van der Waals surface area contributed by atoms with Gasteiger partial charge in [-0.05, 0) is 66.8 Å². The van der Waals surface area contributed by atoms with Crippen LogP contribution in [0.15, 0.2) is 116 Å². The zero-order valence-corrected chi connectivity index (χ0v) is 20.1. The van der Waals surface area contributed by atoms with Crippen LogP contribution in [0.1, 0.15) is 0 Å². The molecule has 0 N–H and O–H groups in total. The molecule has 6 aromatic carbocycles. The van der Waals surface area contributed by atoms with Crippen molar-refractivity contribution in [1.82, 2.24) is 0 Å². The summed E-state index contributed by atoms with van der Waals surface area (Å²) in [6, 6.07) is 36.0. The minimum absolute atomic E-state index is 0.838. The van der Waals surface area contributed by atoms with Gasteiger partial charge in [0.2, 0.25) is 0 Å². The van der Waals surface area contributed by atoms with E-state index in [0.29, 0.717) is 0 Å². The van der Waals surface area contributed by atoms with Crippen LogP contribution in [0.2, 0.25) is 0 Å².